The Morgan fingerprint density at radius 1 is 1.24 bits per heavy atom. The molecule has 0 aromatic carbocycles. The fourth-order valence-electron chi connectivity index (χ4n) is 1.65. The molecule has 0 spiro atoms. The molecule has 0 fully saturated rings. The maximum Gasteiger partial charge on any atom is 0.335 e. The molecule has 0 bridgehead atoms. The van der Waals surface area contributed by atoms with Gasteiger partial charge in [-0.1, -0.05) is 11.6 Å². The van der Waals surface area contributed by atoms with Crippen molar-refractivity contribution in [2.75, 3.05) is 6.16 Å². The van der Waals surface area contributed by atoms with E-state index in [-0.39, 0.29) is 18.4 Å². The molecular formula is C13H24NO6P. The van der Waals surface area contributed by atoms with E-state index in [1.807, 2.05) is 0 Å². The third-order valence-electron chi connectivity index (χ3n) is 2.15. The minimum atomic E-state index is -3.37. The molecule has 0 aromatic heterocycles. The smallest absolute Gasteiger partial charge is 0.335 e. The molecule has 0 aromatic rings. The van der Waals surface area contributed by atoms with E-state index in [0.29, 0.717) is 12.0 Å². The molecule has 0 unspecified atom stereocenters. The van der Waals surface area contributed by atoms with E-state index < -0.39 is 19.6 Å². The molecule has 0 aliphatic carbocycles. The summed E-state index contributed by atoms with van der Waals surface area (Å²) in [6.45, 7) is 8.57. The van der Waals surface area contributed by atoms with Gasteiger partial charge in [0.1, 0.15) is 6.04 Å². The molecule has 122 valence electrons. The number of hydrogen-bond donors (Lipinski definition) is 2. The summed E-state index contributed by atoms with van der Waals surface area (Å²) < 4.78 is 23.4. The van der Waals surface area contributed by atoms with Gasteiger partial charge in [-0.05, 0) is 34.6 Å². The molecule has 0 saturated heterocycles. The maximum atomic E-state index is 12.6. The first-order valence-corrected chi connectivity index (χ1v) is 8.38. The van der Waals surface area contributed by atoms with Crippen molar-refractivity contribution in [1.29, 1.82) is 0 Å². The molecule has 21 heavy (non-hydrogen) atoms. The van der Waals surface area contributed by atoms with Crippen LogP contribution in [-0.2, 0) is 23.2 Å². The largest absolute Gasteiger partial charge is 0.479 e. The summed E-state index contributed by atoms with van der Waals surface area (Å²) in [5, 5.41) is 11.1. The van der Waals surface area contributed by atoms with Gasteiger partial charge >= 0.3 is 13.6 Å². The van der Waals surface area contributed by atoms with Gasteiger partial charge in [0.25, 0.3) is 0 Å². The molecule has 0 aliphatic heterocycles. The zero-order valence-corrected chi connectivity index (χ0v) is 13.9. The Kier molecular flexibility index (Phi) is 8.47. The van der Waals surface area contributed by atoms with Gasteiger partial charge in [-0.15, -0.1) is 0 Å². The molecule has 8 heteroatoms. The fourth-order valence-corrected chi connectivity index (χ4v) is 3.85. The third-order valence-corrected chi connectivity index (χ3v) is 4.52. The lowest BCUT2D eigenvalue weighted by molar-refractivity contribution is -0.139. The Morgan fingerprint density at radius 3 is 2.05 bits per heavy atom. The second-order valence-electron chi connectivity index (χ2n) is 5.19. The zero-order valence-electron chi connectivity index (χ0n) is 13.0. The van der Waals surface area contributed by atoms with E-state index in [9.17, 15) is 14.2 Å². The van der Waals surface area contributed by atoms with E-state index in [4.69, 9.17) is 14.2 Å². The quantitative estimate of drug-likeness (QED) is 0.363. The van der Waals surface area contributed by atoms with Crippen LogP contribution in [0.1, 0.15) is 34.6 Å². The van der Waals surface area contributed by atoms with E-state index in [1.165, 1.54) is 6.08 Å². The average molecular weight is 321 g/mol. The highest BCUT2D eigenvalue weighted by Crippen LogP contribution is 2.51. The zero-order chi connectivity index (χ0) is 16.6. The summed E-state index contributed by atoms with van der Waals surface area (Å²) in [5.41, 5.74) is 0.501. The number of carboxylic acid groups (broad SMARTS) is 1. The molecule has 0 aliphatic rings. The van der Waals surface area contributed by atoms with Crippen LogP contribution in [0.5, 0.6) is 0 Å². The second-order valence-corrected chi connectivity index (χ2v) is 7.15. The van der Waals surface area contributed by atoms with Gasteiger partial charge in [0.2, 0.25) is 6.41 Å². The SMILES string of the molecule is CC(=C[C@@H](NC=O)C(=O)O)CP(=O)(OC(C)C)OC(C)C. The number of rotatable bonds is 10. The molecule has 1 atom stereocenters. The number of amides is 1. The molecule has 0 saturated carbocycles. The highest BCUT2D eigenvalue weighted by Gasteiger charge is 2.28. The molecule has 0 radical (unpaired) electrons. The lowest BCUT2D eigenvalue weighted by atomic mass is 10.2. The summed E-state index contributed by atoms with van der Waals surface area (Å²) in [4.78, 5) is 21.3. The number of allylic oxidation sites excluding steroid dienone is 1. The average Bonchev–Trinajstić information content (AvgIpc) is 2.24. The minimum absolute atomic E-state index is 0.0341. The van der Waals surface area contributed by atoms with Crippen molar-refractivity contribution in [1.82, 2.24) is 5.32 Å². The Hall–Kier alpha value is -1.17. The van der Waals surface area contributed by atoms with Crippen LogP contribution in [0.25, 0.3) is 0 Å². The lowest BCUT2D eigenvalue weighted by Crippen LogP contribution is -2.34. The van der Waals surface area contributed by atoms with Gasteiger partial charge in [0, 0.05) is 0 Å². The molecule has 0 rings (SSSR count). The maximum absolute atomic E-state index is 12.6. The Labute approximate surface area is 125 Å². The second kappa shape index (κ2) is 8.97. The van der Waals surface area contributed by atoms with Crippen LogP contribution in [0.2, 0.25) is 0 Å². The summed E-state index contributed by atoms with van der Waals surface area (Å²) in [6.07, 6.45) is 1.01. The third kappa shape index (κ3) is 8.65. The highest BCUT2D eigenvalue weighted by molar-refractivity contribution is 7.54. The van der Waals surface area contributed by atoms with Crippen LogP contribution >= 0.6 is 7.60 Å². The summed E-state index contributed by atoms with van der Waals surface area (Å²) in [6, 6.07) is -1.17. The van der Waals surface area contributed by atoms with Crippen molar-refractivity contribution in [3.63, 3.8) is 0 Å². The first-order valence-electron chi connectivity index (χ1n) is 6.65. The monoisotopic (exact) mass is 321 g/mol. The van der Waals surface area contributed by atoms with Crippen LogP contribution in [-0.4, -0.2) is 41.9 Å². The summed E-state index contributed by atoms with van der Waals surface area (Å²) >= 11 is 0. The van der Waals surface area contributed by atoms with Gasteiger partial charge < -0.3 is 19.5 Å². The van der Waals surface area contributed by atoms with E-state index in [0.717, 1.165) is 0 Å². The normalized spacial score (nSPS) is 14.3. The number of carbonyl (C=O) groups is 2. The summed E-state index contributed by atoms with van der Waals surface area (Å²) in [5.74, 6) is -1.20. The molecule has 7 nitrogen and oxygen atoms in total. The predicted octanol–water partition coefficient (Wildman–Crippen LogP) is 2.17. The van der Waals surface area contributed by atoms with Crippen LogP contribution in [0.3, 0.4) is 0 Å². The number of nitrogens with one attached hydrogen (secondary N) is 1. The van der Waals surface area contributed by atoms with Crippen molar-refractivity contribution in [3.8, 4) is 0 Å². The van der Waals surface area contributed by atoms with Gasteiger partial charge in [-0.2, -0.15) is 0 Å². The fraction of sp³-hybridized carbons (Fsp3) is 0.692. The topological polar surface area (TPSA) is 102 Å². The van der Waals surface area contributed by atoms with Crippen molar-refractivity contribution < 1.29 is 28.3 Å². The molecular weight excluding hydrogens is 297 g/mol. The Balaban J connectivity index is 5.09. The highest BCUT2D eigenvalue weighted by atomic mass is 31.2. The predicted molar refractivity (Wildman–Crippen MR) is 79.3 cm³/mol. The number of aliphatic carboxylic acids is 1. The minimum Gasteiger partial charge on any atom is -0.479 e. The summed E-state index contributed by atoms with van der Waals surface area (Å²) in [7, 11) is -3.37. The van der Waals surface area contributed by atoms with E-state index >= 15 is 0 Å². The number of carbonyl (C=O) groups excluding carboxylic acids is 1. The van der Waals surface area contributed by atoms with Gasteiger partial charge in [-0.25, -0.2) is 4.79 Å². The van der Waals surface area contributed by atoms with Crippen molar-refractivity contribution in [2.45, 2.75) is 52.9 Å². The lowest BCUT2D eigenvalue weighted by Gasteiger charge is -2.23. The van der Waals surface area contributed by atoms with Crippen molar-refractivity contribution >= 4 is 20.0 Å². The molecule has 2 N–H and O–H groups in total. The first-order chi connectivity index (χ1) is 9.59. The van der Waals surface area contributed by atoms with Crippen LogP contribution < -0.4 is 5.32 Å². The standard InChI is InChI=1S/C13H24NO6P/c1-9(2)19-21(18,20-10(3)4)7-11(5)6-12(13(16)17)14-8-15/h6,8-10,12H,7H2,1-5H3,(H,14,15)(H,16,17)/t12-/m1/s1. The Morgan fingerprint density at radius 2 is 1.71 bits per heavy atom. The van der Waals surface area contributed by atoms with Crippen LogP contribution in [0.15, 0.2) is 11.6 Å². The van der Waals surface area contributed by atoms with E-state index in [2.05, 4.69) is 5.32 Å². The van der Waals surface area contributed by atoms with Gasteiger partial charge in [-0.3, -0.25) is 9.36 Å². The van der Waals surface area contributed by atoms with Gasteiger partial charge in [0.15, 0.2) is 0 Å². The van der Waals surface area contributed by atoms with E-state index in [1.54, 1.807) is 34.6 Å². The molecule has 0 heterocycles. The number of carboxylic acids is 1. The van der Waals surface area contributed by atoms with Crippen molar-refractivity contribution in [2.24, 2.45) is 0 Å². The van der Waals surface area contributed by atoms with Gasteiger partial charge in [0.05, 0.1) is 18.4 Å². The molecule has 1 amide bonds. The Bertz CT molecular complexity index is 418. The number of hydrogen-bond acceptors (Lipinski definition) is 5. The van der Waals surface area contributed by atoms with Crippen molar-refractivity contribution in [3.05, 3.63) is 11.6 Å². The van der Waals surface area contributed by atoms with Crippen LogP contribution in [0, 0.1) is 0 Å². The van der Waals surface area contributed by atoms with Crippen LogP contribution in [0.4, 0.5) is 0 Å². The first kappa shape index (κ1) is 19.8.